The number of amides is 3. The molecule has 1 heterocycles. The Kier molecular flexibility index (Phi) is 5.94. The second kappa shape index (κ2) is 8.14. The number of carbonyl (C=O) groups excluding carboxylic acids is 3. The van der Waals surface area contributed by atoms with E-state index in [4.69, 9.17) is 14.2 Å². The van der Waals surface area contributed by atoms with Gasteiger partial charge < -0.3 is 19.5 Å². The van der Waals surface area contributed by atoms with Crippen LogP contribution in [0.25, 0.3) is 0 Å². The highest BCUT2D eigenvalue weighted by atomic mass is 16.6. The Bertz CT molecular complexity index is 749. The van der Waals surface area contributed by atoms with Crippen LogP contribution in [0.1, 0.15) is 17.3 Å². The van der Waals surface area contributed by atoms with Crippen molar-refractivity contribution >= 4 is 23.6 Å². The molecule has 140 valence electrons. The normalized spacial score (nSPS) is 13.2. The standard InChI is InChI=1S/C15H17N3O8/c1-3-25-12-7-10(18(22)23)9(6-11(12)24-2)14(20)26-8-13(19)17-5-4-16-15(17)21/h6-7H,3-5,8H2,1-2H3,(H,16,21). The minimum absolute atomic E-state index is 0.100. The van der Waals surface area contributed by atoms with Gasteiger partial charge in [0.1, 0.15) is 5.56 Å². The van der Waals surface area contributed by atoms with E-state index in [0.29, 0.717) is 6.54 Å². The SMILES string of the molecule is CCOc1cc([N+](=O)[O-])c(C(=O)OCC(=O)N2CCNC2=O)cc1OC. The summed E-state index contributed by atoms with van der Waals surface area (Å²) >= 11 is 0. The average molecular weight is 367 g/mol. The minimum atomic E-state index is -1.09. The Morgan fingerprint density at radius 3 is 2.62 bits per heavy atom. The molecule has 0 bridgehead atoms. The van der Waals surface area contributed by atoms with Crippen LogP contribution >= 0.6 is 0 Å². The molecule has 0 aromatic heterocycles. The molecule has 1 fully saturated rings. The maximum absolute atomic E-state index is 12.2. The fourth-order valence-corrected chi connectivity index (χ4v) is 2.28. The van der Waals surface area contributed by atoms with Gasteiger partial charge in [0.05, 0.1) is 24.7 Å². The molecule has 0 atom stereocenters. The van der Waals surface area contributed by atoms with Crippen LogP contribution in [0.15, 0.2) is 12.1 Å². The first-order valence-electron chi connectivity index (χ1n) is 7.63. The fraction of sp³-hybridized carbons (Fsp3) is 0.400. The zero-order chi connectivity index (χ0) is 19.3. The molecular formula is C15H17N3O8. The number of hydrogen-bond donors (Lipinski definition) is 1. The van der Waals surface area contributed by atoms with Gasteiger partial charge in [-0.25, -0.2) is 9.59 Å². The van der Waals surface area contributed by atoms with Crippen LogP contribution in [0.3, 0.4) is 0 Å². The monoisotopic (exact) mass is 367 g/mol. The summed E-state index contributed by atoms with van der Waals surface area (Å²) in [6.45, 7) is 1.67. The number of esters is 1. The van der Waals surface area contributed by atoms with E-state index < -0.39 is 40.7 Å². The van der Waals surface area contributed by atoms with Crippen LogP contribution in [-0.2, 0) is 9.53 Å². The molecule has 1 N–H and O–H groups in total. The summed E-state index contributed by atoms with van der Waals surface area (Å²) < 4.78 is 15.1. The van der Waals surface area contributed by atoms with Crippen molar-refractivity contribution in [2.24, 2.45) is 0 Å². The number of methoxy groups -OCH3 is 1. The summed E-state index contributed by atoms with van der Waals surface area (Å²) in [5, 5.41) is 13.7. The number of nitro benzene ring substituents is 1. The van der Waals surface area contributed by atoms with E-state index in [-0.39, 0.29) is 24.7 Å². The molecule has 0 unspecified atom stereocenters. The maximum Gasteiger partial charge on any atom is 0.345 e. The van der Waals surface area contributed by atoms with Crippen LogP contribution in [-0.4, -0.2) is 61.1 Å². The van der Waals surface area contributed by atoms with E-state index in [1.807, 2.05) is 0 Å². The highest BCUT2D eigenvalue weighted by molar-refractivity contribution is 5.99. The Labute approximate surface area is 147 Å². The van der Waals surface area contributed by atoms with Crippen molar-refractivity contribution < 1.29 is 33.5 Å². The summed E-state index contributed by atoms with van der Waals surface area (Å²) in [7, 11) is 1.31. The first-order chi connectivity index (χ1) is 12.4. The molecule has 11 nitrogen and oxygen atoms in total. The van der Waals surface area contributed by atoms with Gasteiger partial charge in [-0.2, -0.15) is 0 Å². The van der Waals surface area contributed by atoms with Crippen molar-refractivity contribution in [2.75, 3.05) is 33.4 Å². The number of nitro groups is 1. The number of carbonyl (C=O) groups is 3. The Hall–Kier alpha value is -3.37. The van der Waals surface area contributed by atoms with E-state index >= 15 is 0 Å². The van der Waals surface area contributed by atoms with Gasteiger partial charge in [-0.1, -0.05) is 0 Å². The molecule has 26 heavy (non-hydrogen) atoms. The second-order valence-corrected chi connectivity index (χ2v) is 5.06. The highest BCUT2D eigenvalue weighted by Crippen LogP contribution is 2.35. The lowest BCUT2D eigenvalue weighted by atomic mass is 10.1. The largest absolute Gasteiger partial charge is 0.493 e. The quantitative estimate of drug-likeness (QED) is 0.422. The number of imide groups is 1. The molecule has 1 saturated heterocycles. The van der Waals surface area contributed by atoms with Crippen LogP contribution in [0.5, 0.6) is 11.5 Å². The molecule has 1 aromatic rings. The summed E-state index contributed by atoms with van der Waals surface area (Å²) in [6, 6.07) is 1.58. The summed E-state index contributed by atoms with van der Waals surface area (Å²) in [5.41, 5.74) is -0.945. The minimum Gasteiger partial charge on any atom is -0.493 e. The molecule has 3 amide bonds. The molecule has 11 heteroatoms. The van der Waals surface area contributed by atoms with Crippen LogP contribution < -0.4 is 14.8 Å². The van der Waals surface area contributed by atoms with Gasteiger partial charge in [0.2, 0.25) is 0 Å². The lowest BCUT2D eigenvalue weighted by Gasteiger charge is -2.13. The summed E-state index contributed by atoms with van der Waals surface area (Å²) in [4.78, 5) is 46.9. The molecule has 0 spiro atoms. The van der Waals surface area contributed by atoms with Crippen molar-refractivity contribution in [1.82, 2.24) is 10.2 Å². The topological polar surface area (TPSA) is 137 Å². The lowest BCUT2D eigenvalue weighted by Crippen LogP contribution is -2.37. The molecule has 0 saturated carbocycles. The van der Waals surface area contributed by atoms with E-state index in [1.54, 1.807) is 6.92 Å². The third-order valence-corrected chi connectivity index (χ3v) is 3.48. The van der Waals surface area contributed by atoms with Gasteiger partial charge in [0.15, 0.2) is 18.1 Å². The zero-order valence-corrected chi connectivity index (χ0v) is 14.1. The second-order valence-electron chi connectivity index (χ2n) is 5.06. The van der Waals surface area contributed by atoms with Gasteiger partial charge in [0.25, 0.3) is 11.6 Å². The predicted molar refractivity (Wildman–Crippen MR) is 86.2 cm³/mol. The lowest BCUT2D eigenvalue weighted by molar-refractivity contribution is -0.385. The molecule has 1 aliphatic heterocycles. The van der Waals surface area contributed by atoms with Gasteiger partial charge in [-0.15, -0.1) is 0 Å². The smallest absolute Gasteiger partial charge is 0.345 e. The molecular weight excluding hydrogens is 350 g/mol. The van der Waals surface area contributed by atoms with E-state index in [0.717, 1.165) is 17.0 Å². The number of benzene rings is 1. The molecule has 2 rings (SSSR count). The third-order valence-electron chi connectivity index (χ3n) is 3.48. The molecule has 1 aromatic carbocycles. The first kappa shape index (κ1) is 19.0. The number of ether oxygens (including phenoxy) is 3. The number of nitrogens with zero attached hydrogens (tertiary/aromatic N) is 2. The fourth-order valence-electron chi connectivity index (χ4n) is 2.28. The van der Waals surface area contributed by atoms with Crippen molar-refractivity contribution in [3.8, 4) is 11.5 Å². The van der Waals surface area contributed by atoms with Gasteiger partial charge in [-0.05, 0) is 6.92 Å². The van der Waals surface area contributed by atoms with Crippen molar-refractivity contribution in [3.63, 3.8) is 0 Å². The highest BCUT2D eigenvalue weighted by Gasteiger charge is 2.29. The third kappa shape index (κ3) is 3.99. The summed E-state index contributed by atoms with van der Waals surface area (Å²) in [6.07, 6.45) is 0. The Balaban J connectivity index is 2.20. The van der Waals surface area contributed by atoms with Crippen LogP contribution in [0.2, 0.25) is 0 Å². The molecule has 0 aliphatic carbocycles. The Morgan fingerprint density at radius 2 is 2.08 bits per heavy atom. The molecule has 0 radical (unpaired) electrons. The van der Waals surface area contributed by atoms with Crippen molar-refractivity contribution in [2.45, 2.75) is 6.92 Å². The zero-order valence-electron chi connectivity index (χ0n) is 14.1. The van der Waals surface area contributed by atoms with Gasteiger partial charge in [0, 0.05) is 19.2 Å². The number of nitrogens with one attached hydrogen (secondary N) is 1. The van der Waals surface area contributed by atoms with E-state index in [9.17, 15) is 24.5 Å². The Morgan fingerprint density at radius 1 is 1.35 bits per heavy atom. The van der Waals surface area contributed by atoms with Gasteiger partial charge in [-0.3, -0.25) is 19.8 Å². The first-order valence-corrected chi connectivity index (χ1v) is 7.63. The van der Waals surface area contributed by atoms with Crippen LogP contribution in [0.4, 0.5) is 10.5 Å². The van der Waals surface area contributed by atoms with Gasteiger partial charge >= 0.3 is 12.0 Å². The number of urea groups is 1. The number of hydrogen-bond acceptors (Lipinski definition) is 8. The van der Waals surface area contributed by atoms with Crippen LogP contribution in [0, 0.1) is 10.1 Å². The van der Waals surface area contributed by atoms with E-state index in [1.165, 1.54) is 7.11 Å². The van der Waals surface area contributed by atoms with E-state index in [2.05, 4.69) is 5.32 Å². The molecule has 1 aliphatic rings. The number of rotatable bonds is 7. The average Bonchev–Trinajstić information content (AvgIpc) is 3.05. The summed E-state index contributed by atoms with van der Waals surface area (Å²) in [5.74, 6) is -1.61. The maximum atomic E-state index is 12.2. The van der Waals surface area contributed by atoms with Crippen molar-refractivity contribution in [3.05, 3.63) is 27.8 Å². The predicted octanol–water partition coefficient (Wildman–Crippen LogP) is 0.711. The van der Waals surface area contributed by atoms with Crippen molar-refractivity contribution in [1.29, 1.82) is 0 Å².